The molecule has 0 atom stereocenters. The van der Waals surface area contributed by atoms with Crippen LogP contribution in [0.2, 0.25) is 0 Å². The van der Waals surface area contributed by atoms with Gasteiger partial charge in [-0.3, -0.25) is 0 Å². The molecule has 0 heterocycles. The number of hydrogen-bond acceptors (Lipinski definition) is 1. The summed E-state index contributed by atoms with van der Waals surface area (Å²) in [6, 6.07) is 0. The lowest BCUT2D eigenvalue weighted by Gasteiger charge is -1.88. The molecule has 0 saturated heterocycles. The fourth-order valence-corrected chi connectivity index (χ4v) is 0.363. The molecule has 51 valence electrons. The zero-order valence-electron chi connectivity index (χ0n) is 5.26. The Morgan fingerprint density at radius 2 is 2.22 bits per heavy atom. The number of rotatable bonds is 3. The predicted molar refractivity (Wildman–Crippen MR) is 31.6 cm³/mol. The fourth-order valence-electron chi connectivity index (χ4n) is 0.363. The molecule has 0 aromatic rings. The second kappa shape index (κ2) is 4.09. The number of hydrogen-bond donors (Lipinski definition) is 1. The van der Waals surface area contributed by atoms with Crippen molar-refractivity contribution >= 4 is 5.97 Å². The normalized spacial score (nSPS) is 11.6. The molecular formula is C6H9O3. The third-order valence-corrected chi connectivity index (χ3v) is 0.906. The van der Waals surface area contributed by atoms with Crippen LogP contribution < -0.4 is 0 Å². The second-order valence-corrected chi connectivity index (χ2v) is 1.69. The molecule has 0 aromatic carbocycles. The van der Waals surface area contributed by atoms with Crippen molar-refractivity contribution in [3.8, 4) is 0 Å². The van der Waals surface area contributed by atoms with Crippen molar-refractivity contribution < 1.29 is 15.0 Å². The van der Waals surface area contributed by atoms with E-state index in [-0.39, 0.29) is 12.2 Å². The van der Waals surface area contributed by atoms with E-state index >= 15 is 0 Å². The van der Waals surface area contributed by atoms with Gasteiger partial charge in [-0.1, -0.05) is 6.08 Å². The summed E-state index contributed by atoms with van der Waals surface area (Å²) in [5.41, 5.74) is 0.242. The maximum atomic E-state index is 10.0. The van der Waals surface area contributed by atoms with Gasteiger partial charge < -0.3 is 5.11 Å². The Morgan fingerprint density at radius 1 is 1.67 bits per heavy atom. The summed E-state index contributed by atoms with van der Waals surface area (Å²) in [5, 5.41) is 18.1. The maximum Gasteiger partial charge on any atom is 0.330 e. The Labute approximate surface area is 53.6 Å². The van der Waals surface area contributed by atoms with Crippen molar-refractivity contribution in [3.63, 3.8) is 0 Å². The van der Waals surface area contributed by atoms with Crippen LogP contribution in [0.5, 0.6) is 0 Å². The van der Waals surface area contributed by atoms with Gasteiger partial charge in [-0.25, -0.2) is 9.90 Å². The van der Waals surface area contributed by atoms with Crippen molar-refractivity contribution in [1.82, 2.24) is 0 Å². The molecule has 1 N–H and O–H groups in total. The molecule has 1 radical (unpaired) electrons. The Hall–Kier alpha value is -0.830. The highest BCUT2D eigenvalue weighted by Gasteiger charge is 1.96. The standard InChI is InChI=1S/C6H9O3/c1-5(6(8)9)3-2-4-7/h3H,2,4H2,1H3,(H,8,9). The lowest BCUT2D eigenvalue weighted by atomic mass is 10.2. The minimum atomic E-state index is -0.955. The van der Waals surface area contributed by atoms with Crippen LogP contribution in [0.1, 0.15) is 13.3 Å². The summed E-state index contributed by atoms with van der Waals surface area (Å²) in [6.45, 7) is 1.22. The van der Waals surface area contributed by atoms with Gasteiger partial charge in [0.2, 0.25) is 0 Å². The largest absolute Gasteiger partial charge is 0.478 e. The first-order valence-corrected chi connectivity index (χ1v) is 2.66. The Bertz CT molecular complexity index is 126. The van der Waals surface area contributed by atoms with Crippen LogP contribution in [-0.4, -0.2) is 17.7 Å². The van der Waals surface area contributed by atoms with Gasteiger partial charge in [0, 0.05) is 5.57 Å². The summed E-state index contributed by atoms with van der Waals surface area (Å²) in [4.78, 5) is 10.0. The minimum Gasteiger partial charge on any atom is -0.478 e. The molecule has 0 aliphatic carbocycles. The first-order valence-electron chi connectivity index (χ1n) is 2.66. The van der Waals surface area contributed by atoms with Gasteiger partial charge >= 0.3 is 5.97 Å². The molecule has 0 unspecified atom stereocenters. The van der Waals surface area contributed by atoms with E-state index in [0.717, 1.165) is 0 Å². The van der Waals surface area contributed by atoms with Crippen LogP contribution in [-0.2, 0) is 9.90 Å². The molecule has 0 aromatic heterocycles. The van der Waals surface area contributed by atoms with Crippen LogP contribution in [0.3, 0.4) is 0 Å². The number of aliphatic carboxylic acids is 1. The summed E-state index contributed by atoms with van der Waals surface area (Å²) >= 11 is 0. The van der Waals surface area contributed by atoms with E-state index in [0.29, 0.717) is 6.42 Å². The number of carboxylic acids is 1. The average molecular weight is 129 g/mol. The molecule has 0 spiro atoms. The van der Waals surface area contributed by atoms with Gasteiger partial charge in [-0.15, -0.1) is 0 Å². The van der Waals surface area contributed by atoms with E-state index in [1.165, 1.54) is 13.0 Å². The van der Waals surface area contributed by atoms with Gasteiger partial charge in [0.25, 0.3) is 0 Å². The lowest BCUT2D eigenvalue weighted by molar-refractivity contribution is -0.132. The van der Waals surface area contributed by atoms with E-state index in [1.54, 1.807) is 0 Å². The Kier molecular flexibility index (Phi) is 3.71. The maximum absolute atomic E-state index is 10.0. The zero-order valence-corrected chi connectivity index (χ0v) is 5.26. The van der Waals surface area contributed by atoms with Crippen molar-refractivity contribution in [3.05, 3.63) is 11.6 Å². The predicted octanol–water partition coefficient (Wildman–Crippen LogP) is 0.838. The van der Waals surface area contributed by atoms with Crippen LogP contribution in [0.25, 0.3) is 0 Å². The topological polar surface area (TPSA) is 57.2 Å². The highest BCUT2D eigenvalue weighted by Crippen LogP contribution is 1.93. The zero-order chi connectivity index (χ0) is 7.28. The molecule has 0 amide bonds. The van der Waals surface area contributed by atoms with Crippen LogP contribution >= 0.6 is 0 Å². The molecule has 9 heavy (non-hydrogen) atoms. The third-order valence-electron chi connectivity index (χ3n) is 0.906. The molecule has 3 heteroatoms. The van der Waals surface area contributed by atoms with Crippen molar-refractivity contribution in [2.75, 3.05) is 6.61 Å². The average Bonchev–Trinajstić information content (AvgIpc) is 1.82. The summed E-state index contributed by atoms with van der Waals surface area (Å²) in [6.07, 6.45) is 1.73. The van der Waals surface area contributed by atoms with Crippen LogP contribution in [0.15, 0.2) is 11.6 Å². The van der Waals surface area contributed by atoms with Gasteiger partial charge in [0.1, 0.15) is 0 Å². The van der Waals surface area contributed by atoms with E-state index in [2.05, 4.69) is 0 Å². The first-order chi connectivity index (χ1) is 4.18. The molecule has 0 bridgehead atoms. The Morgan fingerprint density at radius 3 is 2.56 bits per heavy atom. The molecule has 0 fully saturated rings. The quantitative estimate of drug-likeness (QED) is 0.574. The van der Waals surface area contributed by atoms with Gasteiger partial charge in [0.05, 0.1) is 6.61 Å². The lowest BCUT2D eigenvalue weighted by Crippen LogP contribution is -1.95. The van der Waals surface area contributed by atoms with Crippen LogP contribution in [0.4, 0.5) is 0 Å². The second-order valence-electron chi connectivity index (χ2n) is 1.69. The van der Waals surface area contributed by atoms with E-state index in [9.17, 15) is 9.90 Å². The van der Waals surface area contributed by atoms with Gasteiger partial charge in [-0.05, 0) is 13.3 Å². The molecule has 3 nitrogen and oxygen atoms in total. The molecular weight excluding hydrogens is 120 g/mol. The molecule has 0 saturated carbocycles. The number of carboxylic acid groups (broad SMARTS) is 1. The minimum absolute atomic E-state index is 0.242. The van der Waals surface area contributed by atoms with Crippen molar-refractivity contribution in [2.45, 2.75) is 13.3 Å². The van der Waals surface area contributed by atoms with Crippen molar-refractivity contribution in [2.24, 2.45) is 0 Å². The summed E-state index contributed by atoms with van der Waals surface area (Å²) in [7, 11) is 0. The van der Waals surface area contributed by atoms with E-state index in [4.69, 9.17) is 5.11 Å². The van der Waals surface area contributed by atoms with Crippen molar-refractivity contribution in [1.29, 1.82) is 0 Å². The molecule has 0 aliphatic heterocycles. The molecule has 0 rings (SSSR count). The van der Waals surface area contributed by atoms with Crippen LogP contribution in [0, 0.1) is 0 Å². The monoisotopic (exact) mass is 129 g/mol. The highest BCUT2D eigenvalue weighted by atomic mass is 16.4. The molecule has 0 aliphatic rings. The first kappa shape index (κ1) is 8.17. The van der Waals surface area contributed by atoms with E-state index in [1.807, 2.05) is 0 Å². The summed E-state index contributed by atoms with van der Waals surface area (Å²) in [5.74, 6) is -0.955. The smallest absolute Gasteiger partial charge is 0.330 e. The number of carbonyl (C=O) groups is 1. The summed E-state index contributed by atoms with van der Waals surface area (Å²) < 4.78 is 0. The SMILES string of the molecule is CC(=CCC[O])C(=O)O. The Balaban J connectivity index is 3.69. The highest BCUT2D eigenvalue weighted by molar-refractivity contribution is 5.85. The van der Waals surface area contributed by atoms with Gasteiger partial charge in [0.15, 0.2) is 0 Å². The third kappa shape index (κ3) is 3.73. The van der Waals surface area contributed by atoms with E-state index < -0.39 is 5.97 Å². The van der Waals surface area contributed by atoms with Gasteiger partial charge in [-0.2, -0.15) is 0 Å². The fraction of sp³-hybridized carbons (Fsp3) is 0.500.